The van der Waals surface area contributed by atoms with E-state index in [0.29, 0.717) is 19.3 Å². The molecule has 1 atom stereocenters. The van der Waals surface area contributed by atoms with E-state index in [4.69, 9.17) is 14.2 Å². The Hall–Kier alpha value is -2.63. The maximum atomic E-state index is 12.7. The number of rotatable bonds is 49. The Morgan fingerprint density at radius 1 is 0.333 bits per heavy atom. The minimum Gasteiger partial charge on any atom is -0.462 e. The lowest BCUT2D eigenvalue weighted by molar-refractivity contribution is -0.167. The summed E-state index contributed by atoms with van der Waals surface area (Å²) in [7, 11) is 0. The number of ether oxygens (including phenoxy) is 3. The standard InChI is InChI=1S/C57H102O6/c1-4-7-10-13-15-17-19-21-23-25-26-27-28-29-30-32-33-35-37-39-41-44-47-50-56(59)62-53-54(52-61-55(58)49-46-43-12-9-6-3)63-57(60)51-48-45-42-40-38-36-34-31-24-22-20-18-16-14-11-8-5-2/h8,11,16,18,22,24,34,36,54H,4-7,9-10,12-15,17,19-21,23,25-33,35,37-53H2,1-3H3/b11-8-,18-16-,24-22-,36-34-. The summed E-state index contributed by atoms with van der Waals surface area (Å²) in [5.74, 6) is -0.910. The first kappa shape index (κ1) is 60.4. The summed E-state index contributed by atoms with van der Waals surface area (Å²) in [6.45, 7) is 6.45. The predicted octanol–water partition coefficient (Wildman–Crippen LogP) is 17.9. The van der Waals surface area contributed by atoms with Crippen molar-refractivity contribution in [3.8, 4) is 0 Å². The first-order chi connectivity index (χ1) is 31.0. The largest absolute Gasteiger partial charge is 0.462 e. The minimum absolute atomic E-state index is 0.0808. The molecular formula is C57H102O6. The van der Waals surface area contributed by atoms with Crippen molar-refractivity contribution >= 4 is 17.9 Å². The predicted molar refractivity (Wildman–Crippen MR) is 270 cm³/mol. The van der Waals surface area contributed by atoms with Gasteiger partial charge in [-0.25, -0.2) is 0 Å². The average Bonchev–Trinajstić information content (AvgIpc) is 3.28. The minimum atomic E-state index is -0.780. The number of hydrogen-bond acceptors (Lipinski definition) is 6. The van der Waals surface area contributed by atoms with Crippen molar-refractivity contribution in [2.45, 2.75) is 284 Å². The van der Waals surface area contributed by atoms with Crippen LogP contribution in [0.3, 0.4) is 0 Å². The SMILES string of the molecule is CC/C=C\C/C=C\C/C=C\C/C=C\CCCCCCC(=O)OC(COC(=O)CCCCCCC)COC(=O)CCCCCCCCCCCCCCCCCCCCCCCCC. The van der Waals surface area contributed by atoms with Gasteiger partial charge in [-0.1, -0.05) is 249 Å². The molecule has 0 heterocycles. The van der Waals surface area contributed by atoms with E-state index in [9.17, 15) is 14.4 Å². The molecule has 0 spiro atoms. The molecule has 0 aliphatic carbocycles. The first-order valence-electron chi connectivity index (χ1n) is 27.1. The normalized spacial score (nSPS) is 12.4. The molecule has 366 valence electrons. The highest BCUT2D eigenvalue weighted by Gasteiger charge is 2.19. The van der Waals surface area contributed by atoms with E-state index in [1.807, 2.05) is 0 Å². The van der Waals surface area contributed by atoms with Gasteiger partial charge in [0.1, 0.15) is 13.2 Å². The molecule has 0 aromatic carbocycles. The van der Waals surface area contributed by atoms with Gasteiger partial charge in [0.2, 0.25) is 0 Å². The third-order valence-corrected chi connectivity index (χ3v) is 11.8. The number of esters is 3. The molecular weight excluding hydrogens is 781 g/mol. The van der Waals surface area contributed by atoms with Crippen LogP contribution >= 0.6 is 0 Å². The van der Waals surface area contributed by atoms with E-state index in [0.717, 1.165) is 103 Å². The Morgan fingerprint density at radius 2 is 0.619 bits per heavy atom. The van der Waals surface area contributed by atoms with Crippen LogP contribution in [0.5, 0.6) is 0 Å². The summed E-state index contributed by atoms with van der Waals surface area (Å²) in [5.41, 5.74) is 0. The Labute approximate surface area is 390 Å². The maximum Gasteiger partial charge on any atom is 0.306 e. The molecule has 0 radical (unpaired) electrons. The topological polar surface area (TPSA) is 78.9 Å². The molecule has 0 bridgehead atoms. The van der Waals surface area contributed by atoms with Crippen LogP contribution in [-0.2, 0) is 28.6 Å². The zero-order valence-corrected chi connectivity index (χ0v) is 41.8. The molecule has 0 aliphatic heterocycles. The Morgan fingerprint density at radius 3 is 0.968 bits per heavy atom. The van der Waals surface area contributed by atoms with E-state index >= 15 is 0 Å². The van der Waals surface area contributed by atoms with Crippen LogP contribution in [0, 0.1) is 0 Å². The number of hydrogen-bond donors (Lipinski definition) is 0. The molecule has 0 aromatic heterocycles. The quantitative estimate of drug-likeness (QED) is 0.0262. The third-order valence-electron chi connectivity index (χ3n) is 11.8. The Kier molecular flexibility index (Phi) is 49.8. The molecule has 0 rings (SSSR count). The fraction of sp³-hybridized carbons (Fsp3) is 0.807. The number of allylic oxidation sites excluding steroid dienone is 8. The van der Waals surface area contributed by atoms with Crippen molar-refractivity contribution in [3.05, 3.63) is 48.6 Å². The lowest BCUT2D eigenvalue weighted by atomic mass is 10.0. The summed E-state index contributed by atoms with van der Waals surface area (Å²) in [4.78, 5) is 37.7. The zero-order valence-electron chi connectivity index (χ0n) is 41.8. The van der Waals surface area contributed by atoms with Crippen LogP contribution in [0.1, 0.15) is 278 Å². The molecule has 6 nitrogen and oxygen atoms in total. The van der Waals surface area contributed by atoms with Gasteiger partial charge >= 0.3 is 17.9 Å². The summed E-state index contributed by atoms with van der Waals surface area (Å²) < 4.78 is 16.7. The molecule has 0 aliphatic rings. The van der Waals surface area contributed by atoms with Gasteiger partial charge in [-0.15, -0.1) is 0 Å². The molecule has 0 N–H and O–H groups in total. The summed E-state index contributed by atoms with van der Waals surface area (Å²) in [6, 6.07) is 0. The number of unbranched alkanes of at least 4 members (excludes halogenated alkanes) is 30. The van der Waals surface area contributed by atoms with Gasteiger partial charge < -0.3 is 14.2 Å². The van der Waals surface area contributed by atoms with Gasteiger partial charge in [0.15, 0.2) is 6.10 Å². The Balaban J connectivity index is 4.10. The molecule has 0 saturated carbocycles. The van der Waals surface area contributed by atoms with E-state index in [1.54, 1.807) is 0 Å². The van der Waals surface area contributed by atoms with Crippen molar-refractivity contribution in [1.82, 2.24) is 0 Å². The first-order valence-corrected chi connectivity index (χ1v) is 27.1. The van der Waals surface area contributed by atoms with E-state index in [-0.39, 0.29) is 31.1 Å². The summed E-state index contributed by atoms with van der Waals surface area (Å²) in [5, 5.41) is 0. The smallest absolute Gasteiger partial charge is 0.306 e. The van der Waals surface area contributed by atoms with Gasteiger partial charge in [0.25, 0.3) is 0 Å². The highest BCUT2D eigenvalue weighted by Crippen LogP contribution is 2.16. The molecule has 0 saturated heterocycles. The monoisotopic (exact) mass is 883 g/mol. The molecule has 0 amide bonds. The van der Waals surface area contributed by atoms with Crippen LogP contribution < -0.4 is 0 Å². The molecule has 0 fully saturated rings. The average molecular weight is 883 g/mol. The van der Waals surface area contributed by atoms with Crippen molar-refractivity contribution in [2.75, 3.05) is 13.2 Å². The van der Waals surface area contributed by atoms with Crippen molar-refractivity contribution in [2.24, 2.45) is 0 Å². The molecule has 63 heavy (non-hydrogen) atoms. The highest BCUT2D eigenvalue weighted by atomic mass is 16.6. The summed E-state index contributed by atoms with van der Waals surface area (Å²) in [6.07, 6.45) is 62.9. The Bertz CT molecular complexity index is 1110. The second kappa shape index (κ2) is 52.0. The van der Waals surface area contributed by atoms with Crippen molar-refractivity contribution < 1.29 is 28.6 Å². The number of carbonyl (C=O) groups is 3. The van der Waals surface area contributed by atoms with Crippen LogP contribution in [-0.4, -0.2) is 37.2 Å². The van der Waals surface area contributed by atoms with E-state index < -0.39 is 6.10 Å². The molecule has 1 unspecified atom stereocenters. The lowest BCUT2D eigenvalue weighted by Crippen LogP contribution is -2.30. The van der Waals surface area contributed by atoms with Gasteiger partial charge in [-0.05, 0) is 57.8 Å². The van der Waals surface area contributed by atoms with Crippen molar-refractivity contribution in [1.29, 1.82) is 0 Å². The zero-order chi connectivity index (χ0) is 45.8. The van der Waals surface area contributed by atoms with Gasteiger partial charge in [-0.3, -0.25) is 14.4 Å². The highest BCUT2D eigenvalue weighted by molar-refractivity contribution is 5.71. The van der Waals surface area contributed by atoms with Crippen LogP contribution in [0.15, 0.2) is 48.6 Å². The van der Waals surface area contributed by atoms with E-state index in [2.05, 4.69) is 69.4 Å². The van der Waals surface area contributed by atoms with Gasteiger partial charge in [0.05, 0.1) is 0 Å². The van der Waals surface area contributed by atoms with Gasteiger partial charge in [0, 0.05) is 19.3 Å². The third kappa shape index (κ3) is 50.2. The second-order valence-corrected chi connectivity index (χ2v) is 18.1. The summed E-state index contributed by atoms with van der Waals surface area (Å²) >= 11 is 0. The van der Waals surface area contributed by atoms with Crippen LogP contribution in [0.4, 0.5) is 0 Å². The lowest BCUT2D eigenvalue weighted by Gasteiger charge is -2.18. The van der Waals surface area contributed by atoms with Crippen LogP contribution in [0.25, 0.3) is 0 Å². The fourth-order valence-corrected chi connectivity index (χ4v) is 7.79. The second-order valence-electron chi connectivity index (χ2n) is 18.1. The molecule has 0 aromatic rings. The number of carbonyl (C=O) groups excluding carboxylic acids is 3. The van der Waals surface area contributed by atoms with Crippen molar-refractivity contribution in [3.63, 3.8) is 0 Å². The van der Waals surface area contributed by atoms with Crippen LogP contribution in [0.2, 0.25) is 0 Å². The maximum absolute atomic E-state index is 12.7. The van der Waals surface area contributed by atoms with Gasteiger partial charge in [-0.2, -0.15) is 0 Å². The molecule has 6 heteroatoms. The fourth-order valence-electron chi connectivity index (χ4n) is 7.79. The van der Waals surface area contributed by atoms with E-state index in [1.165, 1.54) is 135 Å².